The number of fused-ring (bicyclic) bond motifs is 1. The number of aryl methyl sites for hydroxylation is 2. The third-order valence-electron chi connectivity index (χ3n) is 3.68. The van der Waals surface area contributed by atoms with Crippen LogP contribution in [0.3, 0.4) is 0 Å². The van der Waals surface area contributed by atoms with E-state index in [9.17, 15) is 4.79 Å². The van der Waals surface area contributed by atoms with E-state index >= 15 is 0 Å². The normalized spacial score (nSPS) is 11.1. The van der Waals surface area contributed by atoms with Gasteiger partial charge in [-0.3, -0.25) is 4.79 Å². The molecule has 3 aromatic rings. The highest BCUT2D eigenvalue weighted by atomic mass is 16.1. The van der Waals surface area contributed by atoms with Gasteiger partial charge in [0.05, 0.1) is 5.69 Å². The molecule has 0 atom stereocenters. The van der Waals surface area contributed by atoms with Crippen molar-refractivity contribution in [2.45, 2.75) is 13.8 Å². The molecule has 0 aromatic carbocycles. The standard InChI is InChI=1S/C15H15N3O/c1-9-6-7-16-15-13(9)14(10(2)18(15)3)12-5-4-11(8-19)17-12/h4-8,17H,1-3H3. The maximum Gasteiger partial charge on any atom is 0.166 e. The Bertz CT molecular complexity index is 780. The number of rotatable bonds is 2. The minimum Gasteiger partial charge on any atom is -0.352 e. The molecule has 0 radical (unpaired) electrons. The summed E-state index contributed by atoms with van der Waals surface area (Å²) in [5.74, 6) is 0. The fourth-order valence-corrected chi connectivity index (χ4v) is 2.57. The van der Waals surface area contributed by atoms with E-state index in [1.54, 1.807) is 6.07 Å². The Morgan fingerprint density at radius 1 is 1.26 bits per heavy atom. The van der Waals surface area contributed by atoms with Crippen molar-refractivity contribution in [1.82, 2.24) is 14.5 Å². The van der Waals surface area contributed by atoms with Crippen LogP contribution in [0.25, 0.3) is 22.3 Å². The molecule has 0 aliphatic rings. The van der Waals surface area contributed by atoms with E-state index in [0.29, 0.717) is 5.69 Å². The minimum atomic E-state index is 0.591. The van der Waals surface area contributed by atoms with E-state index in [-0.39, 0.29) is 0 Å². The first kappa shape index (κ1) is 11.7. The molecule has 0 aliphatic heterocycles. The van der Waals surface area contributed by atoms with Crippen LogP contribution in [-0.4, -0.2) is 20.8 Å². The van der Waals surface area contributed by atoms with E-state index in [4.69, 9.17) is 0 Å². The second kappa shape index (κ2) is 4.09. The lowest BCUT2D eigenvalue weighted by Crippen LogP contribution is -1.92. The topological polar surface area (TPSA) is 50.7 Å². The average molecular weight is 253 g/mol. The summed E-state index contributed by atoms with van der Waals surface area (Å²) in [4.78, 5) is 18.4. The molecule has 1 N–H and O–H groups in total. The van der Waals surface area contributed by atoms with Gasteiger partial charge in [0, 0.05) is 35.6 Å². The van der Waals surface area contributed by atoms with Crippen LogP contribution in [0.15, 0.2) is 24.4 Å². The SMILES string of the molecule is Cc1ccnc2c1c(-c1ccc(C=O)[nH]1)c(C)n2C. The van der Waals surface area contributed by atoms with Crippen molar-refractivity contribution in [2.75, 3.05) is 0 Å². The number of nitrogens with one attached hydrogen (secondary N) is 1. The molecule has 0 amide bonds. The lowest BCUT2D eigenvalue weighted by molar-refractivity contribution is 0.111. The molecule has 3 aromatic heterocycles. The summed E-state index contributed by atoms with van der Waals surface area (Å²) < 4.78 is 2.08. The lowest BCUT2D eigenvalue weighted by Gasteiger charge is -2.01. The molecule has 0 bridgehead atoms. The van der Waals surface area contributed by atoms with Crippen LogP contribution in [0.1, 0.15) is 21.7 Å². The van der Waals surface area contributed by atoms with Crippen molar-refractivity contribution in [3.05, 3.63) is 41.3 Å². The zero-order valence-electron chi connectivity index (χ0n) is 11.2. The highest BCUT2D eigenvalue weighted by Gasteiger charge is 2.17. The van der Waals surface area contributed by atoms with Crippen molar-refractivity contribution < 1.29 is 4.79 Å². The highest BCUT2D eigenvalue weighted by molar-refractivity contribution is 5.98. The predicted octanol–water partition coefficient (Wildman–Crippen LogP) is 3.00. The first-order valence-corrected chi connectivity index (χ1v) is 6.18. The smallest absolute Gasteiger partial charge is 0.166 e. The summed E-state index contributed by atoms with van der Waals surface area (Å²) >= 11 is 0. The van der Waals surface area contributed by atoms with E-state index < -0.39 is 0 Å². The predicted molar refractivity (Wildman–Crippen MR) is 75.4 cm³/mol. The Hall–Kier alpha value is -2.36. The summed E-state index contributed by atoms with van der Waals surface area (Å²) in [7, 11) is 2.01. The number of aromatic nitrogens is 3. The van der Waals surface area contributed by atoms with Crippen LogP contribution in [0.2, 0.25) is 0 Å². The van der Waals surface area contributed by atoms with Gasteiger partial charge < -0.3 is 9.55 Å². The number of carbonyl (C=O) groups excluding carboxylic acids is 1. The zero-order valence-corrected chi connectivity index (χ0v) is 11.2. The van der Waals surface area contributed by atoms with Crippen molar-refractivity contribution >= 4 is 17.3 Å². The maximum absolute atomic E-state index is 10.8. The van der Waals surface area contributed by atoms with E-state index in [0.717, 1.165) is 34.3 Å². The number of hydrogen-bond donors (Lipinski definition) is 1. The van der Waals surface area contributed by atoms with Crippen LogP contribution < -0.4 is 0 Å². The van der Waals surface area contributed by atoms with Crippen molar-refractivity contribution in [3.8, 4) is 11.3 Å². The van der Waals surface area contributed by atoms with Gasteiger partial charge in [0.2, 0.25) is 0 Å². The second-order valence-electron chi connectivity index (χ2n) is 4.79. The van der Waals surface area contributed by atoms with Crippen LogP contribution in [0.4, 0.5) is 0 Å². The Morgan fingerprint density at radius 3 is 2.74 bits per heavy atom. The summed E-state index contributed by atoms with van der Waals surface area (Å²) in [6.07, 6.45) is 2.65. The van der Waals surface area contributed by atoms with E-state index in [1.165, 1.54) is 5.56 Å². The first-order chi connectivity index (χ1) is 9.13. The molecule has 0 spiro atoms. The number of H-pyrrole nitrogens is 1. The van der Waals surface area contributed by atoms with Gasteiger partial charge in [-0.2, -0.15) is 0 Å². The summed E-state index contributed by atoms with van der Waals surface area (Å²) in [6.45, 7) is 4.15. The van der Waals surface area contributed by atoms with Gasteiger partial charge in [0.1, 0.15) is 5.65 Å². The fourth-order valence-electron chi connectivity index (χ4n) is 2.57. The average Bonchev–Trinajstić information content (AvgIpc) is 2.96. The molecule has 0 fully saturated rings. The van der Waals surface area contributed by atoms with Crippen LogP contribution >= 0.6 is 0 Å². The van der Waals surface area contributed by atoms with Gasteiger partial charge in [-0.25, -0.2) is 4.98 Å². The van der Waals surface area contributed by atoms with Crippen molar-refractivity contribution in [2.24, 2.45) is 7.05 Å². The third-order valence-corrected chi connectivity index (χ3v) is 3.68. The van der Waals surface area contributed by atoms with Gasteiger partial charge in [-0.05, 0) is 37.6 Å². The number of aldehydes is 1. The summed E-state index contributed by atoms with van der Waals surface area (Å²) in [5.41, 5.74) is 5.96. The van der Waals surface area contributed by atoms with Gasteiger partial charge >= 0.3 is 0 Å². The summed E-state index contributed by atoms with van der Waals surface area (Å²) in [5, 5.41) is 1.14. The number of carbonyl (C=O) groups is 1. The van der Waals surface area contributed by atoms with Gasteiger partial charge in [-0.1, -0.05) is 0 Å². The number of hydrogen-bond acceptors (Lipinski definition) is 2. The van der Waals surface area contributed by atoms with Crippen LogP contribution in [-0.2, 0) is 7.05 Å². The molecule has 96 valence electrons. The zero-order chi connectivity index (χ0) is 13.6. The Kier molecular flexibility index (Phi) is 2.52. The molecular weight excluding hydrogens is 238 g/mol. The van der Waals surface area contributed by atoms with Crippen LogP contribution in [0, 0.1) is 13.8 Å². The molecule has 0 saturated heterocycles. The van der Waals surface area contributed by atoms with Crippen molar-refractivity contribution in [1.29, 1.82) is 0 Å². The molecule has 3 rings (SSSR count). The molecule has 4 heteroatoms. The molecule has 4 nitrogen and oxygen atoms in total. The molecular formula is C15H15N3O. The Morgan fingerprint density at radius 2 is 2.05 bits per heavy atom. The number of pyridine rings is 1. The van der Waals surface area contributed by atoms with E-state index in [2.05, 4.69) is 28.4 Å². The first-order valence-electron chi connectivity index (χ1n) is 6.18. The summed E-state index contributed by atoms with van der Waals surface area (Å²) in [6, 6.07) is 5.75. The Labute approximate surface area is 111 Å². The monoisotopic (exact) mass is 253 g/mol. The number of nitrogens with zero attached hydrogens (tertiary/aromatic N) is 2. The molecule has 0 aliphatic carbocycles. The van der Waals surface area contributed by atoms with Gasteiger partial charge in [0.15, 0.2) is 6.29 Å². The maximum atomic E-state index is 10.8. The van der Waals surface area contributed by atoms with Crippen LogP contribution in [0.5, 0.6) is 0 Å². The molecule has 0 unspecified atom stereocenters. The van der Waals surface area contributed by atoms with Gasteiger partial charge in [-0.15, -0.1) is 0 Å². The molecule has 3 heterocycles. The van der Waals surface area contributed by atoms with Crippen molar-refractivity contribution in [3.63, 3.8) is 0 Å². The molecule has 0 saturated carbocycles. The molecule has 19 heavy (non-hydrogen) atoms. The highest BCUT2D eigenvalue weighted by Crippen LogP contribution is 2.34. The largest absolute Gasteiger partial charge is 0.352 e. The van der Waals surface area contributed by atoms with E-state index in [1.807, 2.05) is 25.4 Å². The minimum absolute atomic E-state index is 0.591. The second-order valence-corrected chi connectivity index (χ2v) is 4.79. The Balaban J connectivity index is 2.40. The fraction of sp³-hybridized carbons (Fsp3) is 0.200. The lowest BCUT2D eigenvalue weighted by atomic mass is 10.1. The van der Waals surface area contributed by atoms with Gasteiger partial charge in [0.25, 0.3) is 0 Å². The third kappa shape index (κ3) is 1.60. The number of aromatic amines is 1. The quantitative estimate of drug-likeness (QED) is 0.714.